The van der Waals surface area contributed by atoms with Crippen molar-refractivity contribution < 1.29 is 19.1 Å². The van der Waals surface area contributed by atoms with Gasteiger partial charge in [-0.1, -0.05) is 80.9 Å². The summed E-state index contributed by atoms with van der Waals surface area (Å²) >= 11 is 0. The summed E-state index contributed by atoms with van der Waals surface area (Å²) in [5.74, 6) is -1.69. The molecule has 2 aromatic carbocycles. The maximum Gasteiger partial charge on any atom is 0.321 e. The van der Waals surface area contributed by atoms with Crippen molar-refractivity contribution in [1.29, 1.82) is 0 Å². The molecule has 0 aliphatic carbocycles. The monoisotopic (exact) mass is 382 g/mol. The van der Waals surface area contributed by atoms with Crippen molar-refractivity contribution in [3.05, 3.63) is 71.8 Å². The molecular weight excluding hydrogens is 356 g/mol. The van der Waals surface area contributed by atoms with Gasteiger partial charge in [0.2, 0.25) is 6.10 Å². The van der Waals surface area contributed by atoms with Gasteiger partial charge >= 0.3 is 12.0 Å². The largest absolute Gasteiger partial charge is 0.447 e. The van der Waals surface area contributed by atoms with Gasteiger partial charge in [-0.2, -0.15) is 0 Å². The molecule has 148 valence electrons. The molecule has 3 amide bonds. The Hall–Kier alpha value is -3.15. The number of rotatable bonds is 7. The fourth-order valence-electron chi connectivity index (χ4n) is 2.92. The number of nitrogens with one attached hydrogen (secondary N) is 2. The summed E-state index contributed by atoms with van der Waals surface area (Å²) in [5.41, 5.74) is 1.33. The van der Waals surface area contributed by atoms with Gasteiger partial charge in [0.05, 0.1) is 5.92 Å². The zero-order valence-electron chi connectivity index (χ0n) is 16.3. The number of carbonyl (C=O) groups excluding carboxylic acids is 3. The molecule has 0 heterocycles. The van der Waals surface area contributed by atoms with Crippen molar-refractivity contribution in [2.24, 2.45) is 5.92 Å². The Labute approximate surface area is 165 Å². The average Bonchev–Trinajstić information content (AvgIpc) is 2.73. The normalized spacial score (nSPS) is 13.7. The molecule has 0 aliphatic rings. The summed E-state index contributed by atoms with van der Waals surface area (Å²) in [4.78, 5) is 37.3. The van der Waals surface area contributed by atoms with Gasteiger partial charge in [-0.25, -0.2) is 4.79 Å². The van der Waals surface area contributed by atoms with E-state index in [2.05, 4.69) is 10.6 Å². The van der Waals surface area contributed by atoms with Crippen LogP contribution in [0.4, 0.5) is 4.79 Å². The van der Waals surface area contributed by atoms with Crippen LogP contribution in [0.25, 0.3) is 0 Å². The number of urea groups is 1. The van der Waals surface area contributed by atoms with E-state index in [0.29, 0.717) is 5.56 Å². The summed E-state index contributed by atoms with van der Waals surface area (Å²) in [6, 6.07) is 17.3. The first-order chi connectivity index (χ1) is 13.5. The molecular formula is C22H26N2O4. The first kappa shape index (κ1) is 21.2. The average molecular weight is 382 g/mol. The van der Waals surface area contributed by atoms with Gasteiger partial charge in [0.1, 0.15) is 0 Å². The topological polar surface area (TPSA) is 84.5 Å². The number of amides is 3. The fraction of sp³-hybridized carbons (Fsp3) is 0.318. The lowest BCUT2D eigenvalue weighted by Gasteiger charge is -2.25. The van der Waals surface area contributed by atoms with E-state index >= 15 is 0 Å². The highest BCUT2D eigenvalue weighted by molar-refractivity contribution is 5.98. The van der Waals surface area contributed by atoms with Crippen LogP contribution in [0, 0.1) is 5.92 Å². The Morgan fingerprint density at radius 3 is 1.96 bits per heavy atom. The van der Waals surface area contributed by atoms with E-state index in [1.54, 1.807) is 30.3 Å². The number of hydrogen-bond acceptors (Lipinski definition) is 4. The molecule has 0 bridgehead atoms. The molecule has 6 heteroatoms. The number of benzene rings is 2. The fourth-order valence-corrected chi connectivity index (χ4v) is 2.92. The van der Waals surface area contributed by atoms with Crippen LogP contribution in [0.5, 0.6) is 0 Å². The van der Waals surface area contributed by atoms with Crippen LogP contribution in [-0.4, -0.2) is 25.0 Å². The molecule has 2 rings (SSSR count). The highest BCUT2D eigenvalue weighted by atomic mass is 16.5. The van der Waals surface area contributed by atoms with Crippen LogP contribution in [0.2, 0.25) is 0 Å². The van der Waals surface area contributed by atoms with E-state index in [1.165, 1.54) is 7.05 Å². The second kappa shape index (κ2) is 10.3. The number of hydrogen-bond donors (Lipinski definition) is 2. The number of carbonyl (C=O) groups is 3. The van der Waals surface area contributed by atoms with Gasteiger partial charge in [-0.05, 0) is 11.5 Å². The molecule has 2 aromatic rings. The third-order valence-corrected chi connectivity index (χ3v) is 4.66. The Balaban J connectivity index is 2.31. The van der Waals surface area contributed by atoms with Gasteiger partial charge in [0.15, 0.2) is 0 Å². The molecule has 0 fully saturated rings. The molecule has 0 radical (unpaired) electrons. The molecule has 2 N–H and O–H groups in total. The second-order valence-corrected chi connectivity index (χ2v) is 6.57. The summed E-state index contributed by atoms with van der Waals surface area (Å²) in [5, 5.41) is 4.51. The van der Waals surface area contributed by atoms with E-state index in [0.717, 1.165) is 12.0 Å². The van der Waals surface area contributed by atoms with Crippen molar-refractivity contribution in [1.82, 2.24) is 10.6 Å². The second-order valence-electron chi connectivity index (χ2n) is 6.57. The van der Waals surface area contributed by atoms with Crippen LogP contribution >= 0.6 is 0 Å². The van der Waals surface area contributed by atoms with Crippen LogP contribution < -0.4 is 10.6 Å². The molecule has 0 unspecified atom stereocenters. The molecule has 0 aliphatic heterocycles. The Morgan fingerprint density at radius 2 is 1.46 bits per heavy atom. The van der Waals surface area contributed by atoms with Crippen molar-refractivity contribution in [3.63, 3.8) is 0 Å². The first-order valence-electron chi connectivity index (χ1n) is 9.30. The van der Waals surface area contributed by atoms with Crippen molar-refractivity contribution in [2.45, 2.75) is 32.3 Å². The molecule has 0 aromatic heterocycles. The lowest BCUT2D eigenvalue weighted by molar-refractivity contribution is -0.158. The van der Waals surface area contributed by atoms with E-state index < -0.39 is 29.9 Å². The van der Waals surface area contributed by atoms with Gasteiger partial charge in [-0.15, -0.1) is 0 Å². The third kappa shape index (κ3) is 5.42. The summed E-state index contributed by atoms with van der Waals surface area (Å²) in [6.07, 6.45) is -0.448. The highest BCUT2D eigenvalue weighted by Gasteiger charge is 2.33. The standard InChI is InChI=1S/C22H26N2O4/c1-4-15(2)18(16-11-7-5-8-12-16)21(26)28-19(17-13-9-6-10-14-17)20(25)24-22(27)23-3/h5-15,18-19H,4H2,1-3H3,(H2,23,24,25,27)/t15-,18+,19-/m0/s1. The SMILES string of the molecule is CC[C@H](C)[C@@H](C(=O)O[C@H](C(=O)NC(=O)NC)c1ccccc1)c1ccccc1. The lowest BCUT2D eigenvalue weighted by Crippen LogP contribution is -2.41. The minimum atomic E-state index is -1.22. The lowest BCUT2D eigenvalue weighted by atomic mass is 9.85. The van der Waals surface area contributed by atoms with Crippen LogP contribution in [0.15, 0.2) is 60.7 Å². The van der Waals surface area contributed by atoms with Crippen LogP contribution in [-0.2, 0) is 14.3 Å². The Bertz CT molecular complexity index is 793. The van der Waals surface area contributed by atoms with Crippen LogP contribution in [0.1, 0.15) is 43.4 Å². The molecule has 6 nitrogen and oxygen atoms in total. The zero-order chi connectivity index (χ0) is 20.5. The summed E-state index contributed by atoms with van der Waals surface area (Å²) < 4.78 is 5.65. The predicted octanol–water partition coefficient (Wildman–Crippen LogP) is 3.56. The zero-order valence-corrected chi connectivity index (χ0v) is 16.3. The number of ether oxygens (including phenoxy) is 1. The predicted molar refractivity (Wildman–Crippen MR) is 107 cm³/mol. The van der Waals surface area contributed by atoms with Crippen LogP contribution in [0.3, 0.4) is 0 Å². The van der Waals surface area contributed by atoms with E-state index in [9.17, 15) is 14.4 Å². The molecule has 0 saturated heterocycles. The smallest absolute Gasteiger partial charge is 0.321 e. The molecule has 28 heavy (non-hydrogen) atoms. The van der Waals surface area contributed by atoms with Gasteiger partial charge in [0.25, 0.3) is 5.91 Å². The van der Waals surface area contributed by atoms with E-state index in [-0.39, 0.29) is 5.92 Å². The number of esters is 1. The van der Waals surface area contributed by atoms with Gasteiger partial charge < -0.3 is 10.1 Å². The quantitative estimate of drug-likeness (QED) is 0.717. The first-order valence-corrected chi connectivity index (χ1v) is 9.30. The summed E-state index contributed by atoms with van der Waals surface area (Å²) in [6.45, 7) is 3.97. The third-order valence-electron chi connectivity index (χ3n) is 4.66. The maximum absolute atomic E-state index is 13.1. The van der Waals surface area contributed by atoms with Gasteiger partial charge in [0, 0.05) is 12.6 Å². The minimum Gasteiger partial charge on any atom is -0.447 e. The molecule has 0 spiro atoms. The number of imide groups is 1. The molecule has 3 atom stereocenters. The Kier molecular flexibility index (Phi) is 7.75. The maximum atomic E-state index is 13.1. The summed E-state index contributed by atoms with van der Waals surface area (Å²) in [7, 11) is 1.40. The highest BCUT2D eigenvalue weighted by Crippen LogP contribution is 2.30. The van der Waals surface area contributed by atoms with Crippen molar-refractivity contribution in [2.75, 3.05) is 7.05 Å². The van der Waals surface area contributed by atoms with E-state index in [4.69, 9.17) is 4.74 Å². The van der Waals surface area contributed by atoms with Crippen molar-refractivity contribution >= 4 is 17.9 Å². The van der Waals surface area contributed by atoms with E-state index in [1.807, 2.05) is 44.2 Å². The van der Waals surface area contributed by atoms with Crippen molar-refractivity contribution in [3.8, 4) is 0 Å². The molecule has 0 saturated carbocycles. The van der Waals surface area contributed by atoms with Gasteiger partial charge in [-0.3, -0.25) is 14.9 Å². The minimum absolute atomic E-state index is 0.0216. The Morgan fingerprint density at radius 1 is 0.929 bits per heavy atom.